The molecular weight excluding hydrogens is 449 g/mol. The van der Waals surface area contributed by atoms with Gasteiger partial charge in [-0.05, 0) is 27.7 Å². The number of hydrogen-bond acceptors (Lipinski definition) is 5. The van der Waals surface area contributed by atoms with Crippen LogP contribution in [0.1, 0.15) is 27.7 Å². The minimum absolute atomic E-state index is 0. The molecule has 24 heavy (non-hydrogen) atoms. The summed E-state index contributed by atoms with van der Waals surface area (Å²) >= 11 is 0. The summed E-state index contributed by atoms with van der Waals surface area (Å²) < 4.78 is 27.1. The molecule has 142 valence electrons. The van der Waals surface area contributed by atoms with Gasteiger partial charge in [-0.1, -0.05) is 0 Å². The lowest BCUT2D eigenvalue weighted by Crippen LogP contribution is -2.63. The van der Waals surface area contributed by atoms with Crippen molar-refractivity contribution in [2.75, 3.05) is 31.9 Å². The molecule has 1 heterocycles. The number of carbonyl (C=O) groups is 1. The monoisotopic (exact) mass is 477 g/mol. The summed E-state index contributed by atoms with van der Waals surface area (Å²) in [5.41, 5.74) is -0.514. The number of amides is 1. The first-order chi connectivity index (χ1) is 10.5. The minimum atomic E-state index is -3.52. The van der Waals surface area contributed by atoms with Crippen molar-refractivity contribution in [2.24, 2.45) is 10.1 Å². The Labute approximate surface area is 160 Å². The van der Waals surface area contributed by atoms with E-state index in [2.05, 4.69) is 15.6 Å². The number of halogens is 1. The quantitative estimate of drug-likeness (QED) is 0.292. The van der Waals surface area contributed by atoms with Crippen LogP contribution >= 0.6 is 24.0 Å². The zero-order valence-corrected chi connectivity index (χ0v) is 17.7. The Hall–Kier alpha value is -0.820. The van der Waals surface area contributed by atoms with Crippen LogP contribution in [0.25, 0.3) is 0 Å². The van der Waals surface area contributed by atoms with Gasteiger partial charge in [0.1, 0.15) is 5.60 Å². The van der Waals surface area contributed by atoms with Gasteiger partial charge >= 0.3 is 6.09 Å². The molecule has 0 aliphatic carbocycles. The Bertz CT molecular complexity index is 541. The summed E-state index contributed by atoms with van der Waals surface area (Å²) in [5.74, 6) is 0.295. The first kappa shape index (κ1) is 23.2. The molecule has 1 fully saturated rings. The molecule has 4 N–H and O–H groups in total. The van der Waals surface area contributed by atoms with Crippen LogP contribution in [0.2, 0.25) is 0 Å². The number of nitrogens with zero attached hydrogens (tertiary/aromatic N) is 2. The van der Waals surface area contributed by atoms with E-state index in [-0.39, 0.29) is 48.4 Å². The fourth-order valence-corrected chi connectivity index (χ4v) is 2.19. The number of likely N-dealkylation sites (tertiary alicyclic amines) is 1. The Morgan fingerprint density at radius 3 is 2.42 bits per heavy atom. The predicted molar refractivity (Wildman–Crippen MR) is 104 cm³/mol. The van der Waals surface area contributed by atoms with Crippen molar-refractivity contribution in [1.29, 1.82) is 0 Å². The second kappa shape index (κ2) is 9.61. The first-order valence-corrected chi connectivity index (χ1v) is 9.25. The molecular formula is C13H28IN5O4S. The zero-order valence-electron chi connectivity index (χ0n) is 14.5. The molecule has 1 rings (SSSR count). The van der Waals surface area contributed by atoms with Crippen molar-refractivity contribution in [3.63, 3.8) is 0 Å². The van der Waals surface area contributed by atoms with Crippen LogP contribution in [0.5, 0.6) is 0 Å². The number of nitrogens with two attached hydrogens (primary N) is 1. The summed E-state index contributed by atoms with van der Waals surface area (Å²) in [6.07, 6.45) is -0.341. The molecule has 1 aliphatic rings. The highest BCUT2D eigenvalue weighted by atomic mass is 127. The normalized spacial score (nSPS) is 16.0. The fraction of sp³-hybridized carbons (Fsp3) is 0.846. The van der Waals surface area contributed by atoms with E-state index in [0.717, 1.165) is 0 Å². The Morgan fingerprint density at radius 2 is 1.96 bits per heavy atom. The van der Waals surface area contributed by atoms with Gasteiger partial charge in [-0.25, -0.2) is 18.4 Å². The molecule has 0 spiro atoms. The summed E-state index contributed by atoms with van der Waals surface area (Å²) in [4.78, 5) is 17.6. The van der Waals surface area contributed by atoms with E-state index in [1.807, 2.05) is 27.7 Å². The van der Waals surface area contributed by atoms with E-state index in [9.17, 15) is 13.2 Å². The molecule has 0 radical (unpaired) electrons. The van der Waals surface area contributed by atoms with E-state index in [1.54, 1.807) is 4.90 Å². The van der Waals surface area contributed by atoms with Crippen LogP contribution in [0.3, 0.4) is 0 Å². The number of sulfonamides is 1. The van der Waals surface area contributed by atoms with Crippen molar-refractivity contribution < 1.29 is 17.9 Å². The maximum absolute atomic E-state index is 11.8. The fourth-order valence-electron chi connectivity index (χ4n) is 1.84. The molecule has 11 heteroatoms. The molecule has 1 aliphatic heterocycles. The smallest absolute Gasteiger partial charge is 0.410 e. The molecule has 1 saturated heterocycles. The number of rotatable bonds is 5. The molecule has 0 aromatic carbocycles. The van der Waals surface area contributed by atoms with E-state index in [0.29, 0.717) is 25.6 Å². The zero-order chi connectivity index (χ0) is 17.7. The van der Waals surface area contributed by atoms with Crippen LogP contribution in [0, 0.1) is 0 Å². The van der Waals surface area contributed by atoms with Gasteiger partial charge in [0.15, 0.2) is 5.96 Å². The number of hydrogen-bond donors (Lipinski definition) is 3. The van der Waals surface area contributed by atoms with E-state index < -0.39 is 15.6 Å². The van der Waals surface area contributed by atoms with E-state index >= 15 is 0 Å². The Balaban J connectivity index is 0.00000529. The highest BCUT2D eigenvalue weighted by Gasteiger charge is 2.34. The van der Waals surface area contributed by atoms with Gasteiger partial charge in [-0.15, -0.1) is 24.0 Å². The highest BCUT2D eigenvalue weighted by molar-refractivity contribution is 14.0. The van der Waals surface area contributed by atoms with Crippen LogP contribution in [-0.4, -0.2) is 68.9 Å². The summed E-state index contributed by atoms with van der Waals surface area (Å²) in [5, 5.41) is 11.1. The van der Waals surface area contributed by atoms with Gasteiger partial charge in [-0.3, -0.25) is 4.99 Å². The van der Waals surface area contributed by atoms with Crippen LogP contribution in [0.15, 0.2) is 4.99 Å². The molecule has 0 aromatic rings. The second-order valence-corrected chi connectivity index (χ2v) is 8.09. The van der Waals surface area contributed by atoms with Gasteiger partial charge in [0, 0.05) is 19.6 Å². The molecule has 0 atom stereocenters. The van der Waals surface area contributed by atoms with Crippen molar-refractivity contribution in [1.82, 2.24) is 15.5 Å². The average molecular weight is 477 g/mol. The third kappa shape index (κ3) is 9.47. The maximum atomic E-state index is 11.8. The summed E-state index contributed by atoms with van der Waals surface area (Å²) in [6, 6.07) is 0.0507. The minimum Gasteiger partial charge on any atom is -0.444 e. The standard InChI is InChI=1S/C13H27N5O4S.HI/c1-5-15-11(16-6-7-23(14,20)21)17-10-8-18(9-10)12(19)22-13(2,3)4;/h10H,5-9H2,1-4H3,(H2,14,20,21)(H2,15,16,17);1H. The van der Waals surface area contributed by atoms with Gasteiger partial charge in [0.25, 0.3) is 0 Å². The molecule has 0 bridgehead atoms. The van der Waals surface area contributed by atoms with Gasteiger partial charge in [-0.2, -0.15) is 0 Å². The van der Waals surface area contributed by atoms with Gasteiger partial charge in [0.05, 0.1) is 18.3 Å². The van der Waals surface area contributed by atoms with E-state index in [4.69, 9.17) is 9.88 Å². The number of primary sulfonamides is 1. The Kier molecular flexibility index (Phi) is 9.28. The summed E-state index contributed by atoms with van der Waals surface area (Å²) in [6.45, 7) is 9.11. The molecule has 0 unspecified atom stereocenters. The molecule has 1 amide bonds. The highest BCUT2D eigenvalue weighted by Crippen LogP contribution is 2.15. The van der Waals surface area contributed by atoms with Crippen LogP contribution in [-0.2, 0) is 14.8 Å². The molecule has 9 nitrogen and oxygen atoms in total. The number of carbonyl (C=O) groups excluding carboxylic acids is 1. The third-order valence-electron chi connectivity index (χ3n) is 2.86. The van der Waals surface area contributed by atoms with Crippen molar-refractivity contribution in [3.8, 4) is 0 Å². The number of guanidine groups is 1. The first-order valence-electron chi connectivity index (χ1n) is 7.53. The lowest BCUT2D eigenvalue weighted by Gasteiger charge is -2.40. The predicted octanol–water partition coefficient (Wildman–Crippen LogP) is 0.0673. The van der Waals surface area contributed by atoms with Crippen molar-refractivity contribution in [2.45, 2.75) is 39.3 Å². The lowest BCUT2D eigenvalue weighted by molar-refractivity contribution is 0.00700. The molecule has 0 aromatic heterocycles. The average Bonchev–Trinajstić information content (AvgIpc) is 2.28. The van der Waals surface area contributed by atoms with Crippen LogP contribution in [0.4, 0.5) is 4.79 Å². The number of nitrogens with one attached hydrogen (secondary N) is 2. The number of ether oxygens (including phenoxy) is 1. The SMILES string of the molecule is CCNC(=NCCS(N)(=O)=O)NC1CN(C(=O)OC(C)(C)C)C1.I. The topological polar surface area (TPSA) is 126 Å². The molecule has 0 saturated carbocycles. The van der Waals surface area contributed by atoms with Crippen molar-refractivity contribution in [3.05, 3.63) is 0 Å². The maximum Gasteiger partial charge on any atom is 0.410 e. The van der Waals surface area contributed by atoms with Gasteiger partial charge < -0.3 is 20.3 Å². The number of aliphatic imine (C=N–C) groups is 1. The third-order valence-corrected chi connectivity index (χ3v) is 3.62. The second-order valence-electron chi connectivity index (χ2n) is 6.35. The Morgan fingerprint density at radius 1 is 1.38 bits per heavy atom. The largest absolute Gasteiger partial charge is 0.444 e. The summed E-state index contributed by atoms with van der Waals surface area (Å²) in [7, 11) is -3.52. The van der Waals surface area contributed by atoms with Crippen LogP contribution < -0.4 is 15.8 Å². The lowest BCUT2D eigenvalue weighted by atomic mass is 10.1. The van der Waals surface area contributed by atoms with E-state index in [1.165, 1.54) is 0 Å². The van der Waals surface area contributed by atoms with Gasteiger partial charge in [0.2, 0.25) is 10.0 Å². The van der Waals surface area contributed by atoms with Crippen molar-refractivity contribution >= 4 is 46.1 Å².